The molecule has 0 spiro atoms. The van der Waals surface area contributed by atoms with E-state index in [2.05, 4.69) is 27.9 Å². The Morgan fingerprint density at radius 2 is 1.79 bits per heavy atom. The number of nitrogens with two attached hydrogens (primary N) is 1. The molecule has 0 fully saturated rings. The number of hydrogen-bond donors (Lipinski definition) is 3. The zero-order valence-electron chi connectivity index (χ0n) is 26.5. The van der Waals surface area contributed by atoms with E-state index in [1.165, 1.54) is 6.92 Å². The van der Waals surface area contributed by atoms with Crippen LogP contribution < -0.4 is 11.1 Å². The van der Waals surface area contributed by atoms with Crippen LogP contribution in [0.4, 0.5) is 33.6 Å². The van der Waals surface area contributed by atoms with Gasteiger partial charge in [-0.3, -0.25) is 9.59 Å². The molecular weight excluding hydrogens is 645 g/mol. The summed E-state index contributed by atoms with van der Waals surface area (Å²) in [4.78, 5) is 33.2. The highest BCUT2D eigenvalue weighted by molar-refractivity contribution is 6.30. The molecule has 2 heterocycles. The zero-order valence-corrected chi connectivity index (χ0v) is 27.2. The van der Waals surface area contributed by atoms with Gasteiger partial charge in [-0.2, -0.15) is 27.2 Å². The molecule has 1 aliphatic heterocycles. The number of alkyl halides is 5. The van der Waals surface area contributed by atoms with E-state index in [1.807, 2.05) is 32.9 Å². The van der Waals surface area contributed by atoms with Crippen molar-refractivity contribution in [2.75, 3.05) is 11.1 Å². The molecule has 1 unspecified atom stereocenters. The lowest BCUT2D eigenvalue weighted by molar-refractivity contribution is -0.284. The highest BCUT2D eigenvalue weighted by atomic mass is 35.5. The largest absolute Gasteiger partial charge is 0.481 e. The van der Waals surface area contributed by atoms with Gasteiger partial charge in [0.25, 0.3) is 0 Å². The molecule has 0 aliphatic carbocycles. The Bertz CT molecular complexity index is 1710. The smallest absolute Gasteiger partial charge is 0.453 e. The second-order valence-electron chi connectivity index (χ2n) is 10.5. The molecule has 47 heavy (non-hydrogen) atoms. The Kier molecular flexibility index (Phi) is 12.6. The molecule has 1 atom stereocenters. The van der Waals surface area contributed by atoms with Crippen LogP contribution in [-0.4, -0.2) is 39.0 Å². The number of carbonyl (C=O) groups is 2. The van der Waals surface area contributed by atoms with Gasteiger partial charge in [0.05, 0.1) is 17.2 Å². The number of anilines is 2. The Morgan fingerprint density at radius 3 is 2.30 bits per heavy atom. The van der Waals surface area contributed by atoms with Crippen molar-refractivity contribution in [1.82, 2.24) is 9.97 Å². The average Bonchev–Trinajstić information content (AvgIpc) is 3.26. The lowest BCUT2D eigenvalue weighted by Crippen LogP contribution is -2.35. The summed E-state index contributed by atoms with van der Waals surface area (Å²) in [5.74, 6) is -5.15. The average molecular weight is 680 g/mol. The molecule has 1 amide bonds. The third-order valence-corrected chi connectivity index (χ3v) is 7.54. The third-order valence-electron chi connectivity index (χ3n) is 7.30. The molecule has 14 heteroatoms. The molecule has 0 radical (unpaired) electrons. The Labute approximate surface area is 274 Å². The number of carboxylic acids is 1. The van der Waals surface area contributed by atoms with Crippen molar-refractivity contribution in [3.05, 3.63) is 87.2 Å². The number of halogens is 6. The number of benzene rings is 2. The summed E-state index contributed by atoms with van der Waals surface area (Å²) in [7, 11) is 0. The minimum Gasteiger partial charge on any atom is -0.481 e. The Morgan fingerprint density at radius 1 is 1.15 bits per heavy atom. The van der Waals surface area contributed by atoms with Gasteiger partial charge in [-0.15, -0.1) is 0 Å². The minimum atomic E-state index is -5.39. The SMILES string of the molecule is C=C(c1nc(N)c2c(n1)NC(=O)C2(C)c1ccc(CCC(=O)O)c(C#N)c1)c1ccc(Cl)cc1C.CC.CCCC(F)(F)C(F)(F)F. The van der Waals surface area contributed by atoms with Crippen molar-refractivity contribution in [3.8, 4) is 6.07 Å². The fourth-order valence-corrected chi connectivity index (χ4v) is 5.04. The quantitative estimate of drug-likeness (QED) is 0.204. The first-order valence-electron chi connectivity index (χ1n) is 14.5. The van der Waals surface area contributed by atoms with Crippen LogP contribution in [0.5, 0.6) is 0 Å². The summed E-state index contributed by atoms with van der Waals surface area (Å²) in [6.07, 6.45) is -6.58. The summed E-state index contributed by atoms with van der Waals surface area (Å²) in [6.45, 7) is 13.0. The molecule has 3 aromatic rings. The van der Waals surface area contributed by atoms with Crippen LogP contribution in [0.3, 0.4) is 0 Å². The van der Waals surface area contributed by atoms with Gasteiger partial charge in [0, 0.05) is 23.4 Å². The van der Waals surface area contributed by atoms with E-state index in [0.717, 1.165) is 11.1 Å². The lowest BCUT2D eigenvalue weighted by atomic mass is 9.76. The van der Waals surface area contributed by atoms with Gasteiger partial charge in [0.1, 0.15) is 17.1 Å². The highest BCUT2D eigenvalue weighted by Crippen LogP contribution is 2.45. The van der Waals surface area contributed by atoms with Crippen molar-refractivity contribution in [1.29, 1.82) is 5.26 Å². The van der Waals surface area contributed by atoms with Gasteiger partial charge >= 0.3 is 18.1 Å². The molecular formula is C33H35ClF5N5O3. The number of aromatic nitrogens is 2. The molecule has 0 saturated heterocycles. The maximum Gasteiger partial charge on any atom is 0.453 e. The van der Waals surface area contributed by atoms with Gasteiger partial charge in [-0.1, -0.05) is 63.6 Å². The lowest BCUT2D eigenvalue weighted by Gasteiger charge is -2.24. The van der Waals surface area contributed by atoms with E-state index in [-0.39, 0.29) is 42.6 Å². The number of aryl methyl sites for hydroxylation is 2. The fourth-order valence-electron chi connectivity index (χ4n) is 4.81. The normalized spacial score (nSPS) is 15.2. The molecule has 1 aromatic heterocycles. The van der Waals surface area contributed by atoms with Crippen molar-refractivity contribution < 1.29 is 36.6 Å². The van der Waals surface area contributed by atoms with Gasteiger partial charge in [0.15, 0.2) is 5.82 Å². The molecule has 4 rings (SSSR count). The van der Waals surface area contributed by atoms with Gasteiger partial charge < -0.3 is 16.2 Å². The van der Waals surface area contributed by atoms with Crippen LogP contribution >= 0.6 is 11.6 Å². The van der Waals surface area contributed by atoms with E-state index in [9.17, 15) is 36.8 Å². The molecule has 0 bridgehead atoms. The molecule has 252 valence electrons. The number of nitrogens with zero attached hydrogens (tertiary/aromatic N) is 3. The maximum atomic E-state index is 13.2. The standard InChI is InChI=1S/C26H22ClN5O3.C5H7F5.C2H6/c1-13-10-18(27)7-8-19(13)14(2)23-30-22(29)21-24(31-23)32-25(35)26(21,3)17-6-4-15(5-9-20(33)34)16(11-17)12-28;1-2-3-4(6,7)5(8,9)10;1-2/h4,6-8,10-11H,2,5,9H2,1,3H3,(H,33,34)(H3,29,30,31,32,35);2-3H2,1H3;1-2H3. The minimum absolute atomic E-state index is 0.102. The van der Waals surface area contributed by atoms with Crippen LogP contribution in [0, 0.1) is 18.3 Å². The number of carbonyl (C=O) groups excluding carboxylic acids is 1. The van der Waals surface area contributed by atoms with Gasteiger partial charge in [-0.25, -0.2) is 9.97 Å². The van der Waals surface area contributed by atoms with Crippen LogP contribution in [0.2, 0.25) is 5.02 Å². The highest BCUT2D eigenvalue weighted by Gasteiger charge is 2.56. The van der Waals surface area contributed by atoms with E-state index in [1.54, 1.807) is 31.2 Å². The third kappa shape index (κ3) is 8.43. The van der Waals surface area contributed by atoms with Crippen molar-refractivity contribution in [2.24, 2.45) is 0 Å². The van der Waals surface area contributed by atoms with E-state index >= 15 is 0 Å². The number of nitrogen functional groups attached to an aromatic ring is 1. The molecule has 0 saturated carbocycles. The number of carboxylic acid groups (broad SMARTS) is 1. The van der Waals surface area contributed by atoms with Gasteiger partial charge in [-0.05, 0) is 60.7 Å². The van der Waals surface area contributed by atoms with Crippen LogP contribution in [0.1, 0.15) is 86.2 Å². The molecule has 8 nitrogen and oxygen atoms in total. The number of hydrogen-bond acceptors (Lipinski definition) is 6. The summed E-state index contributed by atoms with van der Waals surface area (Å²) in [6, 6.07) is 12.4. The summed E-state index contributed by atoms with van der Waals surface area (Å²) >= 11 is 6.06. The molecule has 2 aromatic carbocycles. The van der Waals surface area contributed by atoms with Crippen molar-refractivity contribution in [2.45, 2.75) is 77.8 Å². The number of fused-ring (bicyclic) bond motifs is 1. The Hall–Kier alpha value is -4.57. The fraction of sp³-hybridized carbons (Fsp3) is 0.364. The summed E-state index contributed by atoms with van der Waals surface area (Å²) in [5.41, 5.74) is 9.19. The second kappa shape index (κ2) is 15.3. The number of aliphatic carboxylic acids is 1. The number of rotatable bonds is 8. The Balaban J connectivity index is 0.000000549. The number of nitriles is 1. The van der Waals surface area contributed by atoms with E-state index in [0.29, 0.717) is 32.8 Å². The first kappa shape index (κ1) is 38.6. The van der Waals surface area contributed by atoms with Crippen LogP contribution in [0.25, 0.3) is 5.57 Å². The summed E-state index contributed by atoms with van der Waals surface area (Å²) < 4.78 is 57.4. The van der Waals surface area contributed by atoms with E-state index < -0.39 is 29.9 Å². The van der Waals surface area contributed by atoms with E-state index in [4.69, 9.17) is 22.4 Å². The number of amides is 1. The van der Waals surface area contributed by atoms with Crippen molar-refractivity contribution in [3.63, 3.8) is 0 Å². The monoisotopic (exact) mass is 679 g/mol. The van der Waals surface area contributed by atoms with Crippen molar-refractivity contribution >= 4 is 40.7 Å². The van der Waals surface area contributed by atoms with Crippen LogP contribution in [-0.2, 0) is 21.4 Å². The molecule has 1 aliphatic rings. The first-order valence-corrected chi connectivity index (χ1v) is 14.9. The zero-order chi connectivity index (χ0) is 35.9. The predicted octanol–water partition coefficient (Wildman–Crippen LogP) is 8.24. The number of nitrogens with one attached hydrogen (secondary N) is 1. The van der Waals surface area contributed by atoms with Crippen LogP contribution in [0.15, 0.2) is 43.0 Å². The predicted molar refractivity (Wildman–Crippen MR) is 170 cm³/mol. The topological polar surface area (TPSA) is 142 Å². The summed E-state index contributed by atoms with van der Waals surface area (Å²) in [5, 5.41) is 22.0. The maximum absolute atomic E-state index is 13.2. The van der Waals surface area contributed by atoms with Gasteiger partial charge in [0.2, 0.25) is 5.91 Å². The first-order chi connectivity index (χ1) is 21.9. The molecule has 4 N–H and O–H groups in total. The second-order valence-corrected chi connectivity index (χ2v) is 10.9.